The summed E-state index contributed by atoms with van der Waals surface area (Å²) < 4.78 is 11.2. The van der Waals surface area contributed by atoms with Crippen molar-refractivity contribution in [1.29, 1.82) is 0 Å². The number of hydrogen-bond donors (Lipinski definition) is 2. The zero-order valence-electron chi connectivity index (χ0n) is 12.8. The lowest BCUT2D eigenvalue weighted by atomic mass is 9.91. The normalized spacial score (nSPS) is 15.8. The van der Waals surface area contributed by atoms with Crippen LogP contribution in [-0.4, -0.2) is 44.2 Å². The van der Waals surface area contributed by atoms with Crippen LogP contribution < -0.4 is 5.32 Å². The minimum atomic E-state index is -0.559. The topological polar surface area (TPSA) is 50.7 Å². The standard InChI is InChI=1S/C16H27NO3/c1-4-17-16(12-18,15-9-7-6-8-10-15)13-20-14(3)11-19-5-2/h6-10,14,17-18H,4-5,11-13H2,1-3H3. The fourth-order valence-corrected chi connectivity index (χ4v) is 2.14. The molecule has 1 aromatic carbocycles. The van der Waals surface area contributed by atoms with Crippen molar-refractivity contribution in [3.05, 3.63) is 35.9 Å². The van der Waals surface area contributed by atoms with Crippen molar-refractivity contribution in [2.75, 3.05) is 33.0 Å². The number of nitrogens with one attached hydrogen (secondary N) is 1. The third-order valence-electron chi connectivity index (χ3n) is 3.28. The summed E-state index contributed by atoms with van der Waals surface area (Å²) in [4.78, 5) is 0. The maximum absolute atomic E-state index is 9.88. The molecule has 2 N–H and O–H groups in total. The van der Waals surface area contributed by atoms with E-state index in [9.17, 15) is 5.11 Å². The molecule has 0 aliphatic heterocycles. The van der Waals surface area contributed by atoms with E-state index in [1.165, 1.54) is 0 Å². The van der Waals surface area contributed by atoms with Gasteiger partial charge in [-0.15, -0.1) is 0 Å². The summed E-state index contributed by atoms with van der Waals surface area (Å²) in [6.07, 6.45) is 0.00300. The Morgan fingerprint density at radius 2 is 1.95 bits per heavy atom. The Morgan fingerprint density at radius 3 is 2.50 bits per heavy atom. The summed E-state index contributed by atoms with van der Waals surface area (Å²) in [7, 11) is 0. The fourth-order valence-electron chi connectivity index (χ4n) is 2.14. The molecule has 0 saturated carbocycles. The molecule has 4 nitrogen and oxygen atoms in total. The lowest BCUT2D eigenvalue weighted by Gasteiger charge is -2.34. The molecule has 0 bridgehead atoms. The van der Waals surface area contributed by atoms with Gasteiger partial charge in [0.25, 0.3) is 0 Å². The average molecular weight is 281 g/mol. The molecule has 2 atom stereocenters. The SMILES string of the molecule is CCNC(CO)(COC(C)COCC)c1ccccc1. The van der Waals surface area contributed by atoms with Gasteiger partial charge in [0.15, 0.2) is 0 Å². The summed E-state index contributed by atoms with van der Waals surface area (Å²) in [6, 6.07) is 9.93. The molecule has 0 aliphatic rings. The highest BCUT2D eigenvalue weighted by Gasteiger charge is 2.31. The number of hydrogen-bond acceptors (Lipinski definition) is 4. The quantitative estimate of drug-likeness (QED) is 0.688. The van der Waals surface area contributed by atoms with Gasteiger partial charge in [-0.1, -0.05) is 37.3 Å². The highest BCUT2D eigenvalue weighted by atomic mass is 16.5. The van der Waals surface area contributed by atoms with Crippen LogP contribution in [0.25, 0.3) is 0 Å². The summed E-state index contributed by atoms with van der Waals surface area (Å²) in [6.45, 7) is 8.39. The van der Waals surface area contributed by atoms with Crippen molar-refractivity contribution >= 4 is 0 Å². The van der Waals surface area contributed by atoms with Gasteiger partial charge in [-0.3, -0.25) is 0 Å². The first kappa shape index (κ1) is 17.1. The summed E-state index contributed by atoms with van der Waals surface area (Å²) in [5.74, 6) is 0. The van der Waals surface area contributed by atoms with Crippen molar-refractivity contribution < 1.29 is 14.6 Å². The van der Waals surface area contributed by atoms with Gasteiger partial charge in [0.1, 0.15) is 0 Å². The molecule has 1 rings (SSSR count). The van der Waals surface area contributed by atoms with Gasteiger partial charge < -0.3 is 19.9 Å². The van der Waals surface area contributed by atoms with E-state index in [1.54, 1.807) is 0 Å². The average Bonchev–Trinajstić information content (AvgIpc) is 2.50. The minimum Gasteiger partial charge on any atom is -0.394 e. The molecule has 0 amide bonds. The van der Waals surface area contributed by atoms with Crippen LogP contribution in [0.3, 0.4) is 0 Å². The highest BCUT2D eigenvalue weighted by Crippen LogP contribution is 2.21. The van der Waals surface area contributed by atoms with Gasteiger partial charge in [-0.25, -0.2) is 0 Å². The van der Waals surface area contributed by atoms with Crippen molar-refractivity contribution in [2.45, 2.75) is 32.4 Å². The van der Waals surface area contributed by atoms with E-state index in [1.807, 2.05) is 51.1 Å². The highest BCUT2D eigenvalue weighted by molar-refractivity contribution is 5.25. The van der Waals surface area contributed by atoms with Crippen molar-refractivity contribution in [2.24, 2.45) is 0 Å². The molecule has 4 heteroatoms. The van der Waals surface area contributed by atoms with E-state index in [0.29, 0.717) is 19.8 Å². The third-order valence-corrected chi connectivity index (χ3v) is 3.28. The summed E-state index contributed by atoms with van der Waals surface area (Å²) >= 11 is 0. The molecule has 114 valence electrons. The van der Waals surface area contributed by atoms with Crippen LogP contribution in [0.1, 0.15) is 26.3 Å². The van der Waals surface area contributed by atoms with Gasteiger partial charge >= 0.3 is 0 Å². The molecule has 0 radical (unpaired) electrons. The van der Waals surface area contributed by atoms with Gasteiger partial charge in [-0.2, -0.15) is 0 Å². The molecular formula is C16H27NO3. The Hall–Kier alpha value is -0.940. The van der Waals surface area contributed by atoms with Gasteiger partial charge in [0, 0.05) is 6.61 Å². The summed E-state index contributed by atoms with van der Waals surface area (Å²) in [5.41, 5.74) is 0.476. The molecule has 20 heavy (non-hydrogen) atoms. The van der Waals surface area contributed by atoms with Crippen LogP contribution in [0.15, 0.2) is 30.3 Å². The van der Waals surface area contributed by atoms with Crippen molar-refractivity contribution in [3.63, 3.8) is 0 Å². The van der Waals surface area contributed by atoms with Crippen LogP contribution in [0.2, 0.25) is 0 Å². The Kier molecular flexibility index (Phi) is 7.77. The fraction of sp³-hybridized carbons (Fsp3) is 0.625. The molecule has 0 heterocycles. The van der Waals surface area contributed by atoms with E-state index >= 15 is 0 Å². The number of benzene rings is 1. The predicted octanol–water partition coefficient (Wildman–Crippen LogP) is 1.93. The first-order valence-corrected chi connectivity index (χ1v) is 7.29. The minimum absolute atomic E-state index is 0.00300. The zero-order valence-corrected chi connectivity index (χ0v) is 12.8. The van der Waals surface area contributed by atoms with Crippen LogP contribution >= 0.6 is 0 Å². The van der Waals surface area contributed by atoms with Crippen LogP contribution in [0.5, 0.6) is 0 Å². The number of likely N-dealkylation sites (N-methyl/N-ethyl adjacent to an activating group) is 1. The van der Waals surface area contributed by atoms with Gasteiger partial charge in [-0.05, 0) is 26.0 Å². The second-order valence-electron chi connectivity index (χ2n) is 4.92. The summed E-state index contributed by atoms with van der Waals surface area (Å²) in [5, 5.41) is 13.2. The number of ether oxygens (including phenoxy) is 2. The maximum Gasteiger partial charge on any atom is 0.0906 e. The number of aliphatic hydroxyl groups excluding tert-OH is 1. The molecule has 0 spiro atoms. The zero-order chi connectivity index (χ0) is 14.8. The first-order valence-electron chi connectivity index (χ1n) is 7.29. The Balaban J connectivity index is 2.74. The van der Waals surface area contributed by atoms with Crippen molar-refractivity contribution in [3.8, 4) is 0 Å². The second kappa shape index (κ2) is 9.08. The second-order valence-corrected chi connectivity index (χ2v) is 4.92. The molecule has 0 aliphatic carbocycles. The lowest BCUT2D eigenvalue weighted by Crippen LogP contribution is -2.50. The molecular weight excluding hydrogens is 254 g/mol. The Bertz CT molecular complexity index is 358. The number of rotatable bonds is 10. The molecule has 2 unspecified atom stereocenters. The molecule has 1 aromatic rings. The van der Waals surface area contributed by atoms with E-state index in [2.05, 4.69) is 5.32 Å². The monoisotopic (exact) mass is 281 g/mol. The molecule has 0 fully saturated rings. The predicted molar refractivity (Wildman–Crippen MR) is 80.8 cm³/mol. The van der Waals surface area contributed by atoms with E-state index in [4.69, 9.17) is 9.47 Å². The largest absolute Gasteiger partial charge is 0.394 e. The van der Waals surface area contributed by atoms with E-state index in [-0.39, 0.29) is 12.7 Å². The maximum atomic E-state index is 9.88. The van der Waals surface area contributed by atoms with Crippen LogP contribution in [0, 0.1) is 0 Å². The smallest absolute Gasteiger partial charge is 0.0906 e. The Labute approximate surface area is 122 Å². The molecule has 0 saturated heterocycles. The van der Waals surface area contributed by atoms with E-state index in [0.717, 1.165) is 12.1 Å². The Morgan fingerprint density at radius 1 is 1.25 bits per heavy atom. The third kappa shape index (κ3) is 4.87. The van der Waals surface area contributed by atoms with Gasteiger partial charge in [0.05, 0.1) is 31.5 Å². The first-order chi connectivity index (χ1) is 9.68. The molecule has 0 aromatic heterocycles. The van der Waals surface area contributed by atoms with Crippen LogP contribution in [-0.2, 0) is 15.0 Å². The lowest BCUT2D eigenvalue weighted by molar-refractivity contribution is -0.0406. The van der Waals surface area contributed by atoms with Crippen molar-refractivity contribution in [1.82, 2.24) is 5.32 Å². The van der Waals surface area contributed by atoms with Gasteiger partial charge in [0.2, 0.25) is 0 Å². The van der Waals surface area contributed by atoms with Crippen LogP contribution in [0.4, 0.5) is 0 Å². The van der Waals surface area contributed by atoms with E-state index < -0.39 is 5.54 Å². The number of aliphatic hydroxyl groups is 1.